The number of hydrogen-bond donors (Lipinski definition) is 1. The monoisotopic (exact) mass is 315 g/mol. The van der Waals surface area contributed by atoms with E-state index >= 15 is 0 Å². The molecule has 0 bridgehead atoms. The molecule has 3 nitrogen and oxygen atoms in total. The van der Waals surface area contributed by atoms with E-state index in [9.17, 15) is 4.39 Å². The van der Waals surface area contributed by atoms with Gasteiger partial charge in [-0.3, -0.25) is 0 Å². The molecule has 1 atom stereocenters. The fourth-order valence-corrected chi connectivity index (χ4v) is 2.68. The Morgan fingerprint density at radius 2 is 2.00 bits per heavy atom. The molecule has 1 heterocycles. The van der Waals surface area contributed by atoms with Crippen molar-refractivity contribution in [1.29, 1.82) is 0 Å². The molecule has 0 amide bonds. The zero-order valence-corrected chi connectivity index (χ0v) is 13.1. The largest absolute Gasteiger partial charge is 0.489 e. The number of nitrogens with one attached hydrogen (secondary N) is 1. The minimum Gasteiger partial charge on any atom is -0.489 e. The number of halogens is 1. The molecule has 1 saturated heterocycles. The van der Waals surface area contributed by atoms with E-state index in [2.05, 4.69) is 5.32 Å². The highest BCUT2D eigenvalue weighted by Gasteiger charge is 2.14. The van der Waals surface area contributed by atoms with Crippen LogP contribution in [0.1, 0.15) is 24.0 Å². The smallest absolute Gasteiger partial charge is 0.123 e. The third kappa shape index (κ3) is 5.05. The topological polar surface area (TPSA) is 30.5 Å². The van der Waals surface area contributed by atoms with Crippen LogP contribution in [0.15, 0.2) is 48.5 Å². The zero-order chi connectivity index (χ0) is 15.9. The van der Waals surface area contributed by atoms with Gasteiger partial charge in [0.15, 0.2) is 0 Å². The van der Waals surface area contributed by atoms with E-state index < -0.39 is 0 Å². The van der Waals surface area contributed by atoms with Gasteiger partial charge in [-0.15, -0.1) is 0 Å². The molecular weight excluding hydrogens is 293 g/mol. The first-order valence-corrected chi connectivity index (χ1v) is 8.08. The Morgan fingerprint density at radius 3 is 2.74 bits per heavy atom. The van der Waals surface area contributed by atoms with Crippen LogP contribution in [0.25, 0.3) is 0 Å². The molecule has 2 aromatic rings. The molecule has 0 saturated carbocycles. The van der Waals surface area contributed by atoms with Crippen LogP contribution in [0.2, 0.25) is 0 Å². The van der Waals surface area contributed by atoms with Gasteiger partial charge in [-0.2, -0.15) is 0 Å². The Balaban J connectivity index is 1.43. The molecule has 23 heavy (non-hydrogen) atoms. The maximum Gasteiger partial charge on any atom is 0.123 e. The van der Waals surface area contributed by atoms with E-state index in [1.165, 1.54) is 24.1 Å². The summed E-state index contributed by atoms with van der Waals surface area (Å²) in [6.45, 7) is 2.99. The first-order valence-electron chi connectivity index (χ1n) is 8.08. The van der Waals surface area contributed by atoms with Gasteiger partial charge in [0.25, 0.3) is 0 Å². The molecule has 0 aliphatic carbocycles. The van der Waals surface area contributed by atoms with Crippen molar-refractivity contribution >= 4 is 0 Å². The van der Waals surface area contributed by atoms with E-state index in [1.807, 2.05) is 30.3 Å². The van der Waals surface area contributed by atoms with Crippen molar-refractivity contribution < 1.29 is 13.9 Å². The summed E-state index contributed by atoms with van der Waals surface area (Å²) in [5, 5.41) is 3.42. The van der Waals surface area contributed by atoms with Crippen LogP contribution in [0, 0.1) is 5.82 Å². The Kier molecular flexibility index (Phi) is 5.61. The first kappa shape index (κ1) is 16.0. The molecule has 0 unspecified atom stereocenters. The Labute approximate surface area is 136 Å². The van der Waals surface area contributed by atoms with Crippen LogP contribution >= 0.6 is 0 Å². The summed E-state index contributed by atoms with van der Waals surface area (Å²) >= 11 is 0. The molecule has 1 aliphatic heterocycles. The third-order valence-corrected chi connectivity index (χ3v) is 3.94. The summed E-state index contributed by atoms with van der Waals surface area (Å²) in [6.07, 6.45) is 2.69. The van der Waals surface area contributed by atoms with Gasteiger partial charge < -0.3 is 14.8 Å². The van der Waals surface area contributed by atoms with Crippen molar-refractivity contribution in [3.05, 3.63) is 65.5 Å². The number of hydrogen-bond acceptors (Lipinski definition) is 3. The summed E-state index contributed by atoms with van der Waals surface area (Å²) in [6, 6.07) is 14.5. The molecule has 1 N–H and O–H groups in total. The van der Waals surface area contributed by atoms with Crippen molar-refractivity contribution in [2.45, 2.75) is 32.1 Å². The van der Waals surface area contributed by atoms with E-state index in [4.69, 9.17) is 9.47 Å². The molecular formula is C19H22FNO2. The van der Waals surface area contributed by atoms with Gasteiger partial charge in [0.05, 0.1) is 6.10 Å². The van der Waals surface area contributed by atoms with Crippen LogP contribution in [0.5, 0.6) is 5.75 Å². The fourth-order valence-electron chi connectivity index (χ4n) is 2.68. The molecule has 4 heteroatoms. The lowest BCUT2D eigenvalue weighted by Gasteiger charge is -2.11. The SMILES string of the molecule is Fc1cccc(COc2ccc(CNC[C@H]3CCCO3)cc2)c1. The summed E-state index contributed by atoms with van der Waals surface area (Å²) < 4.78 is 24.4. The van der Waals surface area contributed by atoms with Crippen LogP contribution in [0.3, 0.4) is 0 Å². The summed E-state index contributed by atoms with van der Waals surface area (Å²) in [5.74, 6) is 0.552. The van der Waals surface area contributed by atoms with Crippen LogP contribution in [0.4, 0.5) is 4.39 Å². The molecule has 2 aromatic carbocycles. The van der Waals surface area contributed by atoms with E-state index in [-0.39, 0.29) is 5.82 Å². The second-order valence-electron chi connectivity index (χ2n) is 5.83. The average molecular weight is 315 g/mol. The van der Waals surface area contributed by atoms with E-state index in [0.717, 1.165) is 37.4 Å². The van der Waals surface area contributed by atoms with Crippen molar-refractivity contribution in [3.8, 4) is 5.75 Å². The first-order chi connectivity index (χ1) is 11.3. The zero-order valence-electron chi connectivity index (χ0n) is 13.1. The van der Waals surface area contributed by atoms with E-state index in [1.54, 1.807) is 6.07 Å². The highest BCUT2D eigenvalue weighted by molar-refractivity contribution is 5.27. The van der Waals surface area contributed by atoms with Crippen molar-refractivity contribution in [1.82, 2.24) is 5.32 Å². The van der Waals surface area contributed by atoms with Gasteiger partial charge in [-0.25, -0.2) is 4.39 Å². The number of ether oxygens (including phenoxy) is 2. The minimum absolute atomic E-state index is 0.237. The van der Waals surface area contributed by atoms with Crippen LogP contribution < -0.4 is 10.1 Å². The Bertz CT molecular complexity index is 609. The predicted molar refractivity (Wildman–Crippen MR) is 87.9 cm³/mol. The van der Waals surface area contributed by atoms with Crippen LogP contribution in [-0.4, -0.2) is 19.3 Å². The normalized spacial score (nSPS) is 17.3. The van der Waals surface area contributed by atoms with Crippen molar-refractivity contribution in [2.24, 2.45) is 0 Å². The number of rotatable bonds is 7. The summed E-state index contributed by atoms with van der Waals surface area (Å²) in [5.41, 5.74) is 2.04. The quantitative estimate of drug-likeness (QED) is 0.845. The van der Waals surface area contributed by atoms with Crippen molar-refractivity contribution in [2.75, 3.05) is 13.2 Å². The Morgan fingerprint density at radius 1 is 1.13 bits per heavy atom. The van der Waals surface area contributed by atoms with Crippen LogP contribution in [-0.2, 0) is 17.9 Å². The lowest BCUT2D eigenvalue weighted by Crippen LogP contribution is -2.25. The second kappa shape index (κ2) is 8.09. The standard InChI is InChI=1S/C19H22FNO2/c20-17-4-1-3-16(11-17)14-23-18-8-6-15(7-9-18)12-21-13-19-5-2-10-22-19/h1,3-4,6-9,11,19,21H,2,5,10,12-14H2/t19-/m1/s1. The molecule has 3 rings (SSSR count). The molecule has 1 aliphatic rings. The van der Waals surface area contributed by atoms with Crippen molar-refractivity contribution in [3.63, 3.8) is 0 Å². The molecule has 0 spiro atoms. The highest BCUT2D eigenvalue weighted by Crippen LogP contribution is 2.15. The molecule has 0 aromatic heterocycles. The molecule has 1 fully saturated rings. The molecule has 122 valence electrons. The summed E-state index contributed by atoms with van der Waals surface area (Å²) in [7, 11) is 0. The Hall–Kier alpha value is -1.91. The minimum atomic E-state index is -0.237. The van der Waals surface area contributed by atoms with Gasteiger partial charge in [-0.05, 0) is 48.2 Å². The summed E-state index contributed by atoms with van der Waals surface area (Å²) in [4.78, 5) is 0. The maximum atomic E-state index is 13.1. The van der Waals surface area contributed by atoms with Gasteiger partial charge in [0, 0.05) is 19.7 Å². The highest BCUT2D eigenvalue weighted by atomic mass is 19.1. The lowest BCUT2D eigenvalue weighted by atomic mass is 10.2. The van der Waals surface area contributed by atoms with Gasteiger partial charge >= 0.3 is 0 Å². The van der Waals surface area contributed by atoms with E-state index in [0.29, 0.717) is 12.7 Å². The third-order valence-electron chi connectivity index (χ3n) is 3.94. The average Bonchev–Trinajstić information content (AvgIpc) is 3.08. The maximum absolute atomic E-state index is 13.1. The lowest BCUT2D eigenvalue weighted by molar-refractivity contribution is 0.110. The number of benzene rings is 2. The van der Waals surface area contributed by atoms with Gasteiger partial charge in [-0.1, -0.05) is 24.3 Å². The van der Waals surface area contributed by atoms with Gasteiger partial charge in [0.1, 0.15) is 18.2 Å². The fraction of sp³-hybridized carbons (Fsp3) is 0.368. The second-order valence-corrected chi connectivity index (χ2v) is 5.83. The predicted octanol–water partition coefficient (Wildman–Crippen LogP) is 3.67. The molecule has 0 radical (unpaired) electrons. The van der Waals surface area contributed by atoms with Gasteiger partial charge in [0.2, 0.25) is 0 Å².